The number of β-amino-alcohol motifs (C(OH)–C–C–N with tert-alkyl or cyclic N) is 1. The van der Waals surface area contributed by atoms with Crippen LogP contribution in [0.3, 0.4) is 0 Å². The molecule has 124 valence electrons. The van der Waals surface area contributed by atoms with Gasteiger partial charge < -0.3 is 15.3 Å². The molecule has 1 saturated heterocycles. The second-order valence-corrected chi connectivity index (χ2v) is 6.71. The topological polar surface area (TPSA) is 78.6 Å². The molecule has 1 aliphatic heterocycles. The van der Waals surface area contributed by atoms with Gasteiger partial charge in [0.25, 0.3) is 0 Å². The minimum absolute atomic E-state index is 0.259. The lowest BCUT2D eigenvalue weighted by Crippen LogP contribution is -2.37. The fourth-order valence-electron chi connectivity index (χ4n) is 3.30. The molecule has 1 saturated carbocycles. The molecule has 2 N–H and O–H groups in total. The maximum absolute atomic E-state index is 9.00. The first kappa shape index (κ1) is 14.8. The molecule has 0 spiro atoms. The summed E-state index contributed by atoms with van der Waals surface area (Å²) in [7, 11) is 0. The van der Waals surface area contributed by atoms with E-state index in [0.29, 0.717) is 11.8 Å². The second-order valence-electron chi connectivity index (χ2n) is 6.71. The summed E-state index contributed by atoms with van der Waals surface area (Å²) in [5.41, 5.74) is 0.828. The van der Waals surface area contributed by atoms with E-state index >= 15 is 0 Å². The molecule has 2 aromatic heterocycles. The van der Waals surface area contributed by atoms with Gasteiger partial charge in [-0.1, -0.05) is 0 Å². The summed E-state index contributed by atoms with van der Waals surface area (Å²) >= 11 is 0. The zero-order chi connectivity index (χ0) is 15.6. The highest BCUT2D eigenvalue weighted by Crippen LogP contribution is 2.38. The van der Waals surface area contributed by atoms with Crippen LogP contribution in [0.4, 0.5) is 5.82 Å². The van der Waals surface area contributed by atoms with E-state index in [1.807, 2.05) is 16.6 Å². The van der Waals surface area contributed by atoms with Crippen molar-refractivity contribution in [3.05, 3.63) is 18.0 Å². The molecule has 0 aromatic carbocycles. The van der Waals surface area contributed by atoms with E-state index in [1.165, 1.54) is 25.7 Å². The van der Waals surface area contributed by atoms with Gasteiger partial charge >= 0.3 is 0 Å². The molecule has 4 rings (SSSR count). The van der Waals surface area contributed by atoms with Crippen LogP contribution in [0.25, 0.3) is 5.65 Å². The SMILES string of the molecule is OCCN1CCC(CNc2ccc3nnc(C4CC4)n3n2)CC1. The number of anilines is 1. The van der Waals surface area contributed by atoms with Gasteiger partial charge in [-0.3, -0.25) is 0 Å². The van der Waals surface area contributed by atoms with E-state index in [1.54, 1.807) is 0 Å². The number of rotatable bonds is 6. The van der Waals surface area contributed by atoms with Gasteiger partial charge in [0.1, 0.15) is 5.82 Å². The molecule has 2 aromatic rings. The van der Waals surface area contributed by atoms with Crippen LogP contribution in [0.1, 0.15) is 37.4 Å². The van der Waals surface area contributed by atoms with Crippen molar-refractivity contribution in [1.29, 1.82) is 0 Å². The summed E-state index contributed by atoms with van der Waals surface area (Å²) in [6.45, 7) is 4.17. The van der Waals surface area contributed by atoms with Gasteiger partial charge in [0, 0.05) is 19.0 Å². The van der Waals surface area contributed by atoms with Crippen molar-refractivity contribution in [3.63, 3.8) is 0 Å². The fraction of sp³-hybridized carbons (Fsp3) is 0.688. The van der Waals surface area contributed by atoms with E-state index in [2.05, 4.69) is 25.5 Å². The number of aliphatic hydroxyl groups is 1. The first-order valence-electron chi connectivity index (χ1n) is 8.63. The number of aliphatic hydroxyl groups excluding tert-OH is 1. The van der Waals surface area contributed by atoms with E-state index in [4.69, 9.17) is 5.11 Å². The third-order valence-corrected chi connectivity index (χ3v) is 4.92. The van der Waals surface area contributed by atoms with E-state index in [9.17, 15) is 0 Å². The van der Waals surface area contributed by atoms with Crippen molar-refractivity contribution in [2.24, 2.45) is 5.92 Å². The average molecular weight is 316 g/mol. The Balaban J connectivity index is 1.36. The highest BCUT2D eigenvalue weighted by atomic mass is 16.3. The minimum atomic E-state index is 0.259. The first-order valence-corrected chi connectivity index (χ1v) is 8.63. The summed E-state index contributed by atoms with van der Waals surface area (Å²) in [6, 6.07) is 3.97. The zero-order valence-corrected chi connectivity index (χ0v) is 13.4. The molecule has 2 aliphatic rings. The molecule has 2 fully saturated rings. The van der Waals surface area contributed by atoms with Gasteiger partial charge in [0.05, 0.1) is 6.61 Å². The predicted molar refractivity (Wildman–Crippen MR) is 87.5 cm³/mol. The number of aromatic nitrogens is 4. The Bertz CT molecular complexity index is 660. The van der Waals surface area contributed by atoms with Crippen LogP contribution in [0.5, 0.6) is 0 Å². The number of likely N-dealkylation sites (tertiary alicyclic amines) is 1. The van der Waals surface area contributed by atoms with Crippen LogP contribution >= 0.6 is 0 Å². The average Bonchev–Trinajstić information content (AvgIpc) is 3.34. The summed E-state index contributed by atoms with van der Waals surface area (Å²) in [4.78, 5) is 2.33. The summed E-state index contributed by atoms with van der Waals surface area (Å²) < 4.78 is 1.89. The molecule has 7 heteroatoms. The van der Waals surface area contributed by atoms with Crippen LogP contribution in [0.2, 0.25) is 0 Å². The van der Waals surface area contributed by atoms with Crippen LogP contribution in [0.15, 0.2) is 12.1 Å². The Morgan fingerprint density at radius 2 is 1.96 bits per heavy atom. The Morgan fingerprint density at radius 1 is 1.13 bits per heavy atom. The van der Waals surface area contributed by atoms with Crippen LogP contribution < -0.4 is 5.32 Å². The van der Waals surface area contributed by atoms with Gasteiger partial charge in [0.15, 0.2) is 11.5 Å². The molecule has 23 heavy (non-hydrogen) atoms. The monoisotopic (exact) mass is 316 g/mol. The van der Waals surface area contributed by atoms with Gasteiger partial charge in [-0.05, 0) is 56.8 Å². The smallest absolute Gasteiger partial charge is 0.178 e. The highest BCUT2D eigenvalue weighted by molar-refractivity contribution is 5.44. The van der Waals surface area contributed by atoms with Crippen molar-refractivity contribution in [1.82, 2.24) is 24.7 Å². The van der Waals surface area contributed by atoms with E-state index in [0.717, 1.165) is 43.5 Å². The minimum Gasteiger partial charge on any atom is -0.395 e. The number of piperidine rings is 1. The summed E-state index contributed by atoms with van der Waals surface area (Å²) in [5.74, 6) is 3.12. The Hall–Kier alpha value is -1.73. The fourth-order valence-corrected chi connectivity index (χ4v) is 3.30. The Morgan fingerprint density at radius 3 is 2.70 bits per heavy atom. The Labute approximate surface area is 135 Å². The van der Waals surface area contributed by atoms with Crippen LogP contribution in [0, 0.1) is 5.92 Å². The van der Waals surface area contributed by atoms with Gasteiger partial charge in [-0.15, -0.1) is 15.3 Å². The van der Waals surface area contributed by atoms with Gasteiger partial charge in [-0.25, -0.2) is 0 Å². The quantitative estimate of drug-likeness (QED) is 0.831. The molecule has 0 unspecified atom stereocenters. The van der Waals surface area contributed by atoms with Gasteiger partial charge in [0.2, 0.25) is 0 Å². The predicted octanol–water partition coefficient (Wildman–Crippen LogP) is 1.12. The van der Waals surface area contributed by atoms with Crippen molar-refractivity contribution in [2.75, 3.05) is 38.1 Å². The third kappa shape index (κ3) is 3.30. The van der Waals surface area contributed by atoms with Crippen LogP contribution in [-0.2, 0) is 0 Å². The number of nitrogens with one attached hydrogen (secondary N) is 1. The molecule has 0 radical (unpaired) electrons. The molecule has 0 atom stereocenters. The standard InChI is InChI=1S/C16H24N6O/c23-10-9-21-7-5-12(6-8-21)11-17-14-3-4-15-18-19-16(13-1-2-13)22(15)20-14/h3-4,12-13,23H,1-2,5-11H2,(H,17,20). The maximum Gasteiger partial charge on any atom is 0.178 e. The number of hydrogen-bond acceptors (Lipinski definition) is 6. The van der Waals surface area contributed by atoms with E-state index in [-0.39, 0.29) is 6.61 Å². The van der Waals surface area contributed by atoms with Crippen molar-refractivity contribution in [3.8, 4) is 0 Å². The summed E-state index contributed by atoms with van der Waals surface area (Å²) in [5, 5.41) is 25.6. The number of fused-ring (bicyclic) bond motifs is 1. The van der Waals surface area contributed by atoms with Crippen molar-refractivity contribution < 1.29 is 5.11 Å². The van der Waals surface area contributed by atoms with Gasteiger partial charge in [-0.2, -0.15) is 4.52 Å². The van der Waals surface area contributed by atoms with E-state index < -0.39 is 0 Å². The lowest BCUT2D eigenvalue weighted by molar-refractivity contribution is 0.151. The highest BCUT2D eigenvalue weighted by Gasteiger charge is 2.29. The van der Waals surface area contributed by atoms with Crippen molar-refractivity contribution in [2.45, 2.75) is 31.6 Å². The molecule has 7 nitrogen and oxygen atoms in total. The lowest BCUT2D eigenvalue weighted by atomic mass is 9.97. The largest absolute Gasteiger partial charge is 0.395 e. The molecule has 0 amide bonds. The zero-order valence-electron chi connectivity index (χ0n) is 13.4. The number of nitrogens with zero attached hydrogens (tertiary/aromatic N) is 5. The number of hydrogen-bond donors (Lipinski definition) is 2. The molecular formula is C16H24N6O. The third-order valence-electron chi connectivity index (χ3n) is 4.92. The lowest BCUT2D eigenvalue weighted by Gasteiger charge is -2.31. The second kappa shape index (κ2) is 6.41. The maximum atomic E-state index is 9.00. The summed E-state index contributed by atoms with van der Waals surface area (Å²) in [6.07, 6.45) is 4.75. The van der Waals surface area contributed by atoms with Crippen LogP contribution in [-0.4, -0.2) is 62.6 Å². The normalized spacial score (nSPS) is 20.2. The first-order chi connectivity index (χ1) is 11.3. The molecule has 1 aliphatic carbocycles. The Kier molecular flexibility index (Phi) is 4.13. The van der Waals surface area contributed by atoms with Crippen molar-refractivity contribution >= 4 is 11.5 Å². The molecule has 0 bridgehead atoms. The molecule has 3 heterocycles. The molecular weight excluding hydrogens is 292 g/mol.